The van der Waals surface area contributed by atoms with Gasteiger partial charge in [0.15, 0.2) is 53.8 Å². The molecule has 12 atom stereocenters. The molecule has 0 radical (unpaired) electrons. The molecule has 0 aliphatic carbocycles. The van der Waals surface area contributed by atoms with E-state index in [2.05, 4.69) is 101 Å². The number of aliphatic hydroxyl groups is 3. The number of benzene rings is 3. The summed E-state index contributed by atoms with van der Waals surface area (Å²) >= 11 is 0. The SMILES string of the molecule is CC(=O)N1[C@@H]2CC[C@H]1CC(Nc1cc(C(=O)CC[C@H](O)CN3CCc4cc(OCc5ocnc5C)ccc4C3)ccn1)C2.CC(C)(C)OC(=O)N1[C@@H]2CC[C@H]1CC(N)C2.Cc1ncoc1COc1ccc2c(c1)CCN(C[C@@H](O)CCC(=O)c1ccnc(F)c1)C2.Cc1ncoc1COc1ccc2c(c1)CCN(C[C@@H](O)CCC(=O)c1ccnc(NC3C[C@H]4CC[C@@H](C3)N4C(=O)OC(C)(C)C)c1)C2.O=CO[O-].S.S.S.[H-].[K+].[K+]. The summed E-state index contributed by atoms with van der Waals surface area (Å²) in [5, 5.41) is 47.5. The van der Waals surface area contributed by atoms with Gasteiger partial charge in [-0.05, 0) is 278 Å². The van der Waals surface area contributed by atoms with Crippen molar-refractivity contribution in [3.8, 4) is 17.2 Å². The van der Waals surface area contributed by atoms with Gasteiger partial charge in [0.2, 0.25) is 11.9 Å². The van der Waals surface area contributed by atoms with E-state index in [1.54, 1.807) is 31.5 Å². The molecule has 6 saturated heterocycles. The number of rotatable bonds is 32. The third-order valence-electron chi connectivity index (χ3n) is 27.7. The second-order valence-corrected chi connectivity index (χ2v) is 40.7. The number of hydrogen-bond acceptors (Lipinski definition) is 32. The van der Waals surface area contributed by atoms with E-state index in [1.165, 1.54) is 64.8 Å². The number of nitrogens with one attached hydrogen (secondary N) is 2. The van der Waals surface area contributed by atoms with E-state index in [0.29, 0.717) is 106 Å². The third-order valence-corrected chi connectivity index (χ3v) is 27.7. The molecule has 3 aromatic carbocycles. The van der Waals surface area contributed by atoms with Crippen molar-refractivity contribution >= 4 is 94.0 Å². The van der Waals surface area contributed by atoms with Gasteiger partial charge >= 0.3 is 115 Å². The van der Waals surface area contributed by atoms with E-state index in [9.17, 15) is 48.5 Å². The summed E-state index contributed by atoms with van der Waals surface area (Å²) in [6, 6.07) is 30.2. The fourth-order valence-electron chi connectivity index (χ4n) is 20.7. The number of pyridine rings is 3. The van der Waals surface area contributed by atoms with Gasteiger partial charge in [0.25, 0.3) is 6.47 Å². The Morgan fingerprint density at radius 2 is 0.776 bits per heavy atom. The summed E-state index contributed by atoms with van der Waals surface area (Å²) in [5.41, 5.74) is 16.4. The van der Waals surface area contributed by atoms with Crippen LogP contribution in [0.4, 0.5) is 25.6 Å². The monoisotopic (exact) mass is 2140 g/mol. The molecule has 0 saturated carbocycles. The molecule has 7 N–H and O–H groups in total. The van der Waals surface area contributed by atoms with Crippen LogP contribution in [0, 0.1) is 26.7 Å². The first kappa shape index (κ1) is 123. The van der Waals surface area contributed by atoms with Crippen LogP contribution in [-0.4, -0.2) is 240 Å². The first-order valence-corrected chi connectivity index (χ1v) is 49.7. The van der Waals surface area contributed by atoms with Crippen molar-refractivity contribution in [2.75, 3.05) is 49.9 Å². The number of anilines is 2. The molecule has 35 nitrogen and oxygen atoms in total. The number of aromatic nitrogens is 6. The number of nitrogens with zero attached hydrogens (tertiary/aromatic N) is 12. The molecule has 3 amide bonds. The Labute approximate surface area is 967 Å². The first-order valence-electron chi connectivity index (χ1n) is 49.7. The van der Waals surface area contributed by atoms with E-state index in [1.807, 2.05) is 102 Å². The minimum absolute atomic E-state index is 0. The number of fused-ring (bicyclic) bond motifs is 9. The Hall–Kier alpha value is -7.84. The Morgan fingerprint density at radius 1 is 0.469 bits per heavy atom. The second kappa shape index (κ2) is 58.3. The van der Waals surface area contributed by atoms with Gasteiger partial charge in [-0.25, -0.2) is 39.5 Å². The van der Waals surface area contributed by atoms with Crippen LogP contribution in [0.25, 0.3) is 0 Å². The van der Waals surface area contributed by atoms with Crippen molar-refractivity contribution in [1.29, 1.82) is 0 Å². The predicted molar refractivity (Wildman–Crippen MR) is 553 cm³/mol. The standard InChI is InChI=1S/C36H47N5O6.C33H41N5O5.C24H26FN3O4.C12H22N2O2.CH2O3.2K.3H2S.H/c1-23-33(46-22-38-23)21-45-31-9-5-26-19-40(14-12-24(26)15-31)20-30(42)8-10-32(43)25-11-13-37-34(16-25)39-27-17-28-6-7-29(18-27)41(28)35(44)47-36(2,3)4;1-21-32(43-20-35-21)19-42-30-7-3-25-17-37(12-10-23(25)13-30)18-29(40)6-8-31(41)24-9-11-34-33(14-24)36-26-15-27-4-5-28(16-26)38(27)22(2)39;1-16-23(32-15-27-16)14-31-21-4-2-19-12-28(9-7-17(19)10-21)13-20(29)3-5-22(30)18-6-8-26-24(25)11-18;1-12(2,3)16-11(15)14-9-4-5-10(14)7-8(13)6-9;2-1-4-3;;;;;;/h5,9,11,13,15-16,22,27-30,42H,6-8,10,12,14,17-21H2,1-4H3,(H,37,39);3,7,9,11,13-14,20,26-29,40H,4-6,8,10,12,15-19H2,1-2H3,(H,34,36);2,4,6,8,10-11,15,20,29H,3,5,7,9,12-14H2,1H3;8-10H,4-7,13H2,1-3H3;1,3H;;;3*1H2;/q;;;;;2*+1;;;;-1/p-1/t27?,28-,29+,30-;26?,27-,28+,29-;20-;8?,9-,10+;;;;;;;/m000......../s1. The van der Waals surface area contributed by atoms with Crippen LogP contribution in [0.1, 0.15) is 264 Å². The number of aliphatic hydroxyl groups excluding tert-OH is 3. The van der Waals surface area contributed by atoms with E-state index in [4.69, 9.17) is 52.7 Å². The molecule has 41 heteroatoms. The maximum absolute atomic E-state index is 13.2. The van der Waals surface area contributed by atoms with Crippen molar-refractivity contribution in [1.82, 2.24) is 59.3 Å². The van der Waals surface area contributed by atoms with Crippen LogP contribution < -0.4 is 139 Å². The summed E-state index contributed by atoms with van der Waals surface area (Å²) in [4.78, 5) is 124. The Morgan fingerprint density at radius 3 is 1.07 bits per heavy atom. The summed E-state index contributed by atoms with van der Waals surface area (Å²) < 4.78 is 58.0. The molecule has 18 rings (SSSR count). The average molecular weight is 2140 g/mol. The molecule has 6 aromatic heterocycles. The van der Waals surface area contributed by atoms with Crippen LogP contribution in [-0.2, 0) is 82.7 Å². The number of Topliss-reactive ketones (excluding diaryl/α,β-unsaturated/α-hetero) is 3. The van der Waals surface area contributed by atoms with E-state index >= 15 is 0 Å². The predicted octanol–water partition coefficient (Wildman–Crippen LogP) is 8.22. The number of β-amino-alcohol motifs (C(OH)–C–C–N with tert-alkyl or cyclic N) is 3. The quantitative estimate of drug-likeness (QED) is 0.00577. The zero-order valence-electron chi connectivity index (χ0n) is 87.6. The van der Waals surface area contributed by atoms with Gasteiger partial charge in [-0.3, -0.25) is 38.7 Å². The molecule has 9 aliphatic heterocycles. The van der Waals surface area contributed by atoms with Crippen molar-refractivity contribution in [2.45, 2.75) is 327 Å². The summed E-state index contributed by atoms with van der Waals surface area (Å²) in [6.45, 7) is 25.9. The molecule has 9 aliphatic rings. The number of aryl methyl sites for hydroxylation is 3. The maximum atomic E-state index is 13.2. The van der Waals surface area contributed by atoms with Gasteiger partial charge in [0.05, 0.1) is 35.4 Å². The van der Waals surface area contributed by atoms with Crippen molar-refractivity contribution in [3.05, 3.63) is 219 Å². The van der Waals surface area contributed by atoms with Gasteiger partial charge < -0.3 is 94.9 Å². The zero-order valence-corrected chi connectivity index (χ0v) is 95.8. The average Bonchev–Trinajstić information content (AvgIpc) is 1.65. The molecular weight excluding hydrogens is 2000 g/mol. The minimum Gasteiger partial charge on any atom is -1.00 e. The summed E-state index contributed by atoms with van der Waals surface area (Å²) in [5.74, 6) is 5.23. The zero-order chi connectivity index (χ0) is 101. The van der Waals surface area contributed by atoms with Crippen LogP contribution in [0.15, 0.2) is 142 Å². The molecule has 790 valence electrons. The molecule has 0 spiro atoms. The van der Waals surface area contributed by atoms with Crippen LogP contribution in [0.5, 0.6) is 17.2 Å². The van der Waals surface area contributed by atoms with E-state index in [0.717, 1.165) is 193 Å². The van der Waals surface area contributed by atoms with Gasteiger partial charge in [0.1, 0.15) is 59.9 Å². The molecule has 15 heterocycles. The number of hydrogen-bond donors (Lipinski definition) is 6. The fourth-order valence-corrected chi connectivity index (χ4v) is 20.7. The summed E-state index contributed by atoms with van der Waals surface area (Å²) in [7, 11) is 0. The molecule has 6 fully saturated rings. The number of ether oxygens (including phenoxy) is 5. The van der Waals surface area contributed by atoms with Crippen molar-refractivity contribution in [3.63, 3.8) is 0 Å². The number of nitrogens with two attached hydrogens (primary N) is 1. The second-order valence-electron chi connectivity index (χ2n) is 40.7. The molecular formula is C106H144FK2N15O20S3. The van der Waals surface area contributed by atoms with E-state index in [-0.39, 0.29) is 242 Å². The number of ketones is 3. The van der Waals surface area contributed by atoms with Crippen LogP contribution >= 0.6 is 40.5 Å². The molecule has 9 aromatic rings. The number of oxazole rings is 3. The van der Waals surface area contributed by atoms with Crippen molar-refractivity contribution in [2.24, 2.45) is 5.73 Å². The number of piperidine rings is 3. The normalized spacial score (nSPS) is 20.5. The maximum Gasteiger partial charge on any atom is 1.00 e. The Balaban J connectivity index is 0.000000245. The van der Waals surface area contributed by atoms with Gasteiger partial charge in [0, 0.05) is 181 Å². The first-order chi connectivity index (χ1) is 68.1. The number of amides is 3. The van der Waals surface area contributed by atoms with Gasteiger partial charge in [-0.15, -0.1) is 0 Å². The van der Waals surface area contributed by atoms with Gasteiger partial charge in [-0.2, -0.15) is 44.9 Å². The third kappa shape index (κ3) is 36.2. The van der Waals surface area contributed by atoms with Crippen LogP contribution in [0.2, 0.25) is 0 Å². The minimum atomic E-state index is -0.676. The topological polar surface area (TPSA) is 445 Å². The fraction of sp³-hybridized carbons (Fsp3) is 0.538. The number of carbonyl (C=O) groups is 7. The summed E-state index contributed by atoms with van der Waals surface area (Å²) in [6.07, 6.45) is 22.7. The van der Waals surface area contributed by atoms with Crippen LogP contribution in [0.3, 0.4) is 0 Å². The largest absolute Gasteiger partial charge is 1.00 e. The smallest absolute Gasteiger partial charge is 1.00 e. The van der Waals surface area contributed by atoms with Crippen molar-refractivity contribution < 1.29 is 205 Å². The Bertz CT molecular complexity index is 5750. The molecule has 3 unspecified atom stereocenters. The Kier molecular flexibility index (Phi) is 48.6. The molecule has 147 heavy (non-hydrogen) atoms. The number of carbonyl (C=O) groups excluding carboxylic acids is 7. The number of halogens is 1. The molecule has 6 bridgehead atoms. The van der Waals surface area contributed by atoms with E-state index < -0.39 is 35.5 Å². The van der Waals surface area contributed by atoms with Gasteiger partial charge in [-0.1, -0.05) is 18.2 Å².